The summed E-state index contributed by atoms with van der Waals surface area (Å²) in [4.78, 5) is 19.1. The normalized spacial score (nSPS) is 17.0. The molecule has 0 radical (unpaired) electrons. The van der Waals surface area contributed by atoms with Crippen molar-refractivity contribution in [2.45, 2.75) is 45.6 Å². The molecule has 3 rings (SSSR count). The van der Waals surface area contributed by atoms with Crippen molar-refractivity contribution in [1.82, 2.24) is 9.88 Å². The average molecular weight is 353 g/mol. The van der Waals surface area contributed by atoms with Gasteiger partial charge in [-0.05, 0) is 69.0 Å². The van der Waals surface area contributed by atoms with Crippen LogP contribution in [0.4, 0.5) is 11.4 Å². The molecular formula is C21H27N3O2. The second kappa shape index (κ2) is 8.70. The number of anilines is 2. The highest BCUT2D eigenvalue weighted by Gasteiger charge is 2.26. The lowest BCUT2D eigenvalue weighted by molar-refractivity contribution is 0.0602. The van der Waals surface area contributed by atoms with Gasteiger partial charge < -0.3 is 15.0 Å². The number of carbonyl (C=O) groups is 1. The van der Waals surface area contributed by atoms with Crippen LogP contribution in [0.1, 0.15) is 50.0 Å². The van der Waals surface area contributed by atoms with Crippen LogP contribution in [0, 0.1) is 0 Å². The van der Waals surface area contributed by atoms with Gasteiger partial charge >= 0.3 is 0 Å². The van der Waals surface area contributed by atoms with Crippen molar-refractivity contribution in [1.29, 1.82) is 0 Å². The summed E-state index contributed by atoms with van der Waals surface area (Å²) < 4.78 is 5.45. The summed E-state index contributed by atoms with van der Waals surface area (Å²) >= 11 is 0. The molecule has 1 aromatic carbocycles. The number of hydrogen-bond donors (Lipinski definition) is 1. The first-order valence-corrected chi connectivity index (χ1v) is 9.48. The van der Waals surface area contributed by atoms with E-state index in [-0.39, 0.29) is 5.91 Å². The summed E-state index contributed by atoms with van der Waals surface area (Å²) in [7, 11) is 0. The van der Waals surface area contributed by atoms with Crippen LogP contribution >= 0.6 is 0 Å². The molecule has 1 fully saturated rings. The highest BCUT2D eigenvalue weighted by Crippen LogP contribution is 2.23. The minimum atomic E-state index is 0.0455. The fourth-order valence-corrected chi connectivity index (χ4v) is 3.40. The number of amides is 1. The second-order valence-corrected chi connectivity index (χ2v) is 6.57. The molecule has 1 saturated heterocycles. The quantitative estimate of drug-likeness (QED) is 0.823. The van der Waals surface area contributed by atoms with Gasteiger partial charge in [0.25, 0.3) is 5.91 Å². The van der Waals surface area contributed by atoms with Gasteiger partial charge in [0.1, 0.15) is 11.4 Å². The van der Waals surface area contributed by atoms with E-state index in [1.165, 1.54) is 6.42 Å². The van der Waals surface area contributed by atoms with Crippen molar-refractivity contribution >= 4 is 17.3 Å². The van der Waals surface area contributed by atoms with Crippen molar-refractivity contribution in [3.05, 3.63) is 48.3 Å². The maximum Gasteiger partial charge on any atom is 0.272 e. The first-order chi connectivity index (χ1) is 12.7. The van der Waals surface area contributed by atoms with Crippen LogP contribution < -0.4 is 10.1 Å². The summed E-state index contributed by atoms with van der Waals surface area (Å²) in [5.74, 6) is 0.897. The molecule has 2 heterocycles. The van der Waals surface area contributed by atoms with Gasteiger partial charge in [-0.15, -0.1) is 0 Å². The van der Waals surface area contributed by atoms with Gasteiger partial charge in [0.15, 0.2) is 0 Å². The van der Waals surface area contributed by atoms with Crippen LogP contribution in [0.5, 0.6) is 5.75 Å². The van der Waals surface area contributed by atoms with E-state index in [1.54, 1.807) is 12.3 Å². The topological polar surface area (TPSA) is 54.5 Å². The molecule has 1 atom stereocenters. The number of piperidine rings is 1. The lowest BCUT2D eigenvalue weighted by Gasteiger charge is -2.35. The van der Waals surface area contributed by atoms with Gasteiger partial charge in [-0.2, -0.15) is 0 Å². The molecule has 0 bridgehead atoms. The number of nitrogens with one attached hydrogen (secondary N) is 1. The number of aromatic nitrogens is 1. The number of rotatable bonds is 6. The van der Waals surface area contributed by atoms with E-state index < -0.39 is 0 Å². The van der Waals surface area contributed by atoms with Gasteiger partial charge in [0.05, 0.1) is 18.5 Å². The Morgan fingerprint density at radius 2 is 1.92 bits per heavy atom. The first-order valence-electron chi connectivity index (χ1n) is 9.48. The van der Waals surface area contributed by atoms with Crippen LogP contribution in [0.25, 0.3) is 0 Å². The average Bonchev–Trinajstić information content (AvgIpc) is 2.70. The Morgan fingerprint density at radius 3 is 2.58 bits per heavy atom. The Morgan fingerprint density at radius 1 is 1.15 bits per heavy atom. The zero-order valence-corrected chi connectivity index (χ0v) is 15.6. The first kappa shape index (κ1) is 18.2. The lowest BCUT2D eigenvalue weighted by atomic mass is 9.99. The lowest BCUT2D eigenvalue weighted by Crippen LogP contribution is -2.43. The molecule has 2 aromatic rings. The van der Waals surface area contributed by atoms with E-state index in [0.29, 0.717) is 18.3 Å². The monoisotopic (exact) mass is 353 g/mol. The van der Waals surface area contributed by atoms with Crippen molar-refractivity contribution in [3.63, 3.8) is 0 Å². The van der Waals surface area contributed by atoms with Crippen LogP contribution in [0.3, 0.4) is 0 Å². The smallest absolute Gasteiger partial charge is 0.272 e. The Labute approximate surface area is 155 Å². The number of pyridine rings is 1. The van der Waals surface area contributed by atoms with Gasteiger partial charge in [0, 0.05) is 18.3 Å². The zero-order valence-electron chi connectivity index (χ0n) is 15.6. The highest BCUT2D eigenvalue weighted by atomic mass is 16.5. The van der Waals surface area contributed by atoms with E-state index in [9.17, 15) is 4.79 Å². The Hall–Kier alpha value is -2.56. The van der Waals surface area contributed by atoms with E-state index >= 15 is 0 Å². The summed E-state index contributed by atoms with van der Waals surface area (Å²) in [5.41, 5.74) is 2.33. The molecule has 1 amide bonds. The van der Waals surface area contributed by atoms with Crippen molar-refractivity contribution in [2.75, 3.05) is 18.5 Å². The van der Waals surface area contributed by atoms with E-state index in [1.807, 2.05) is 42.2 Å². The zero-order chi connectivity index (χ0) is 18.4. The second-order valence-electron chi connectivity index (χ2n) is 6.57. The standard InChI is InChI=1S/C21H27N3O2/c1-3-18-7-5-6-14-24(18)21(25)20-13-10-17(15-22-20)23-16-8-11-19(12-9-16)26-4-2/h8-13,15,18,23H,3-7,14H2,1-2H3. The number of likely N-dealkylation sites (tertiary alicyclic amines) is 1. The van der Waals surface area contributed by atoms with Gasteiger partial charge in [-0.25, -0.2) is 4.98 Å². The molecule has 1 N–H and O–H groups in total. The number of nitrogens with zero attached hydrogens (tertiary/aromatic N) is 2. The number of ether oxygens (including phenoxy) is 1. The molecule has 1 aliphatic rings. The van der Waals surface area contributed by atoms with Crippen LogP contribution in [-0.2, 0) is 0 Å². The summed E-state index contributed by atoms with van der Waals surface area (Å²) in [6.45, 7) is 5.61. The van der Waals surface area contributed by atoms with Crippen LogP contribution in [0.2, 0.25) is 0 Å². The van der Waals surface area contributed by atoms with Crippen LogP contribution in [0.15, 0.2) is 42.6 Å². The summed E-state index contributed by atoms with van der Waals surface area (Å²) in [6.07, 6.45) is 6.11. The van der Waals surface area contributed by atoms with E-state index in [4.69, 9.17) is 4.74 Å². The molecule has 0 spiro atoms. The number of benzene rings is 1. The largest absolute Gasteiger partial charge is 0.494 e. The third-order valence-corrected chi connectivity index (χ3v) is 4.80. The van der Waals surface area contributed by atoms with E-state index in [0.717, 1.165) is 42.9 Å². The van der Waals surface area contributed by atoms with Crippen molar-refractivity contribution in [2.24, 2.45) is 0 Å². The minimum absolute atomic E-state index is 0.0455. The third kappa shape index (κ3) is 4.34. The number of carbonyl (C=O) groups excluding carboxylic acids is 1. The molecule has 0 aliphatic carbocycles. The Balaban J connectivity index is 1.65. The summed E-state index contributed by atoms with van der Waals surface area (Å²) in [6, 6.07) is 11.8. The molecule has 5 nitrogen and oxygen atoms in total. The minimum Gasteiger partial charge on any atom is -0.494 e. The molecule has 138 valence electrons. The third-order valence-electron chi connectivity index (χ3n) is 4.80. The molecule has 1 unspecified atom stereocenters. The van der Waals surface area contributed by atoms with Gasteiger partial charge in [0.2, 0.25) is 0 Å². The Kier molecular flexibility index (Phi) is 6.10. The maximum atomic E-state index is 12.8. The predicted octanol–water partition coefficient (Wildman–Crippen LogP) is 4.63. The molecular weight excluding hydrogens is 326 g/mol. The predicted molar refractivity (Wildman–Crippen MR) is 104 cm³/mol. The van der Waals surface area contributed by atoms with Crippen LogP contribution in [-0.4, -0.2) is 35.0 Å². The molecule has 1 aromatic heterocycles. The highest BCUT2D eigenvalue weighted by molar-refractivity contribution is 5.92. The summed E-state index contributed by atoms with van der Waals surface area (Å²) in [5, 5.41) is 3.30. The van der Waals surface area contributed by atoms with Gasteiger partial charge in [-0.1, -0.05) is 6.92 Å². The fourth-order valence-electron chi connectivity index (χ4n) is 3.40. The molecule has 0 saturated carbocycles. The molecule has 5 heteroatoms. The van der Waals surface area contributed by atoms with Crippen molar-refractivity contribution < 1.29 is 9.53 Å². The van der Waals surface area contributed by atoms with Gasteiger partial charge in [-0.3, -0.25) is 4.79 Å². The molecule has 1 aliphatic heterocycles. The Bertz CT molecular complexity index is 713. The number of hydrogen-bond acceptors (Lipinski definition) is 4. The maximum absolute atomic E-state index is 12.8. The fraction of sp³-hybridized carbons (Fsp3) is 0.429. The van der Waals surface area contributed by atoms with Crippen molar-refractivity contribution in [3.8, 4) is 5.75 Å². The SMILES string of the molecule is CCOc1ccc(Nc2ccc(C(=O)N3CCCCC3CC)nc2)cc1. The molecule has 26 heavy (non-hydrogen) atoms. The van der Waals surface area contributed by atoms with E-state index in [2.05, 4.69) is 17.2 Å².